The lowest BCUT2D eigenvalue weighted by Gasteiger charge is -2.08. The molecule has 0 aliphatic carbocycles. The fourth-order valence-corrected chi connectivity index (χ4v) is 2.36. The van der Waals surface area contributed by atoms with Crippen LogP contribution in [0.5, 0.6) is 5.75 Å². The van der Waals surface area contributed by atoms with Crippen LogP contribution in [0.2, 0.25) is 0 Å². The number of imidazole rings is 1. The Balaban J connectivity index is 2.13. The zero-order valence-electron chi connectivity index (χ0n) is 11.2. The van der Waals surface area contributed by atoms with Gasteiger partial charge in [0.1, 0.15) is 5.75 Å². The second-order valence-corrected chi connectivity index (χ2v) is 4.88. The summed E-state index contributed by atoms with van der Waals surface area (Å²) in [5.74, 6) is 0.0781. The number of para-hydroxylation sites is 1. The summed E-state index contributed by atoms with van der Waals surface area (Å²) in [6.45, 7) is 0.112. The van der Waals surface area contributed by atoms with Gasteiger partial charge in [-0.05, 0) is 29.8 Å². The van der Waals surface area contributed by atoms with E-state index in [0.717, 1.165) is 6.07 Å². The van der Waals surface area contributed by atoms with Crippen LogP contribution in [0, 0.1) is 0 Å². The molecular formula is C15H11F3N2O2. The van der Waals surface area contributed by atoms with Gasteiger partial charge >= 0.3 is 11.9 Å². The first-order chi connectivity index (χ1) is 10.4. The molecule has 0 spiro atoms. The number of H-pyrrole nitrogens is 1. The van der Waals surface area contributed by atoms with Gasteiger partial charge in [0.15, 0.2) is 0 Å². The minimum atomic E-state index is -4.53. The molecule has 0 saturated heterocycles. The predicted octanol–water partition coefficient (Wildman–Crippen LogP) is 3.10. The number of rotatable bonds is 2. The quantitative estimate of drug-likeness (QED) is 0.764. The lowest BCUT2D eigenvalue weighted by molar-refractivity contribution is -0.136. The fourth-order valence-electron chi connectivity index (χ4n) is 2.36. The van der Waals surface area contributed by atoms with Gasteiger partial charge in [-0.25, -0.2) is 4.79 Å². The van der Waals surface area contributed by atoms with E-state index in [0.29, 0.717) is 5.56 Å². The minimum absolute atomic E-state index is 0.0781. The van der Waals surface area contributed by atoms with Crippen molar-refractivity contribution in [2.24, 2.45) is 0 Å². The van der Waals surface area contributed by atoms with E-state index in [1.807, 2.05) is 0 Å². The molecular weight excluding hydrogens is 297 g/mol. The number of fused-ring (bicyclic) bond motifs is 1. The van der Waals surface area contributed by atoms with E-state index in [9.17, 15) is 23.1 Å². The van der Waals surface area contributed by atoms with Crippen molar-refractivity contribution in [3.63, 3.8) is 0 Å². The van der Waals surface area contributed by atoms with Crippen molar-refractivity contribution in [1.29, 1.82) is 0 Å². The maximum atomic E-state index is 13.0. The van der Waals surface area contributed by atoms with Gasteiger partial charge in [-0.1, -0.05) is 18.2 Å². The van der Waals surface area contributed by atoms with Crippen LogP contribution < -0.4 is 5.69 Å². The van der Waals surface area contributed by atoms with Crippen LogP contribution in [-0.2, 0) is 12.7 Å². The number of benzene rings is 2. The zero-order chi connectivity index (χ0) is 15.9. The first-order valence-electron chi connectivity index (χ1n) is 6.43. The molecule has 0 unspecified atom stereocenters. The number of alkyl halides is 3. The summed E-state index contributed by atoms with van der Waals surface area (Å²) in [6, 6.07) is 9.78. The molecule has 7 heteroatoms. The molecule has 1 aromatic heterocycles. The number of halogens is 3. The summed E-state index contributed by atoms with van der Waals surface area (Å²) in [5.41, 5.74) is -0.823. The summed E-state index contributed by atoms with van der Waals surface area (Å²) in [5, 5.41) is 9.24. The Bertz CT molecular complexity index is 876. The fraction of sp³-hybridized carbons (Fsp3) is 0.133. The minimum Gasteiger partial charge on any atom is -0.508 e. The number of aromatic amines is 1. The van der Waals surface area contributed by atoms with Gasteiger partial charge in [-0.3, -0.25) is 4.57 Å². The van der Waals surface area contributed by atoms with Crippen molar-refractivity contribution in [2.45, 2.75) is 12.7 Å². The molecule has 0 aliphatic heterocycles. The maximum Gasteiger partial charge on any atom is 0.418 e. The van der Waals surface area contributed by atoms with Crippen LogP contribution in [0.4, 0.5) is 13.2 Å². The van der Waals surface area contributed by atoms with E-state index in [2.05, 4.69) is 4.98 Å². The summed E-state index contributed by atoms with van der Waals surface area (Å²) >= 11 is 0. The van der Waals surface area contributed by atoms with Crippen LogP contribution in [0.3, 0.4) is 0 Å². The Hall–Kier alpha value is -2.70. The van der Waals surface area contributed by atoms with Crippen LogP contribution >= 0.6 is 0 Å². The Morgan fingerprint density at radius 1 is 1.09 bits per heavy atom. The number of phenolic OH excluding ortho intramolecular Hbond substituents is 1. The topological polar surface area (TPSA) is 58.0 Å². The molecule has 3 aromatic rings. The lowest BCUT2D eigenvalue weighted by Crippen LogP contribution is -2.17. The third-order valence-electron chi connectivity index (χ3n) is 3.39. The Morgan fingerprint density at radius 2 is 1.77 bits per heavy atom. The first kappa shape index (κ1) is 14.2. The van der Waals surface area contributed by atoms with Crippen LogP contribution in [-0.4, -0.2) is 14.7 Å². The molecule has 0 amide bonds. The smallest absolute Gasteiger partial charge is 0.418 e. The number of aromatic nitrogens is 2. The van der Waals surface area contributed by atoms with Crippen molar-refractivity contribution in [3.8, 4) is 5.75 Å². The average molecular weight is 308 g/mol. The second-order valence-electron chi connectivity index (χ2n) is 4.88. The van der Waals surface area contributed by atoms with E-state index >= 15 is 0 Å². The average Bonchev–Trinajstić information content (AvgIpc) is 2.76. The molecule has 0 aliphatic rings. The summed E-state index contributed by atoms with van der Waals surface area (Å²) in [4.78, 5) is 14.3. The number of nitrogens with zero attached hydrogens (tertiary/aromatic N) is 1. The first-order valence-corrected chi connectivity index (χ1v) is 6.43. The van der Waals surface area contributed by atoms with E-state index in [-0.39, 0.29) is 23.3 Å². The van der Waals surface area contributed by atoms with Crippen molar-refractivity contribution >= 4 is 11.0 Å². The summed E-state index contributed by atoms with van der Waals surface area (Å²) in [7, 11) is 0. The Labute approximate surface area is 122 Å². The van der Waals surface area contributed by atoms with Crippen LogP contribution in [0.1, 0.15) is 11.1 Å². The third kappa shape index (κ3) is 2.45. The molecule has 0 atom stereocenters. The molecule has 3 rings (SSSR count). The highest BCUT2D eigenvalue weighted by molar-refractivity contribution is 5.79. The van der Waals surface area contributed by atoms with Gasteiger partial charge in [-0.15, -0.1) is 0 Å². The van der Waals surface area contributed by atoms with Crippen molar-refractivity contribution in [3.05, 3.63) is 64.1 Å². The molecule has 114 valence electrons. The van der Waals surface area contributed by atoms with E-state index in [1.165, 1.54) is 28.8 Å². The number of hydrogen-bond acceptors (Lipinski definition) is 2. The van der Waals surface area contributed by atoms with E-state index in [4.69, 9.17) is 0 Å². The highest BCUT2D eigenvalue weighted by Crippen LogP contribution is 2.33. The molecule has 2 N–H and O–H groups in total. The second kappa shape index (κ2) is 4.94. The lowest BCUT2D eigenvalue weighted by atomic mass is 10.1. The Morgan fingerprint density at radius 3 is 2.41 bits per heavy atom. The summed E-state index contributed by atoms with van der Waals surface area (Å²) in [6.07, 6.45) is -4.53. The third-order valence-corrected chi connectivity index (χ3v) is 3.39. The highest BCUT2D eigenvalue weighted by atomic mass is 19.4. The SMILES string of the molecule is O=c1[nH]c2c(C(F)(F)F)cccc2n1Cc1ccc(O)cc1. The van der Waals surface area contributed by atoms with Crippen molar-refractivity contribution in [1.82, 2.24) is 9.55 Å². The van der Waals surface area contributed by atoms with Gasteiger partial charge in [0.05, 0.1) is 23.1 Å². The maximum absolute atomic E-state index is 13.0. The van der Waals surface area contributed by atoms with Crippen molar-refractivity contribution < 1.29 is 18.3 Å². The van der Waals surface area contributed by atoms with E-state index < -0.39 is 17.4 Å². The highest BCUT2D eigenvalue weighted by Gasteiger charge is 2.33. The van der Waals surface area contributed by atoms with Gasteiger partial charge in [0.25, 0.3) is 0 Å². The number of nitrogens with one attached hydrogen (secondary N) is 1. The molecule has 4 nitrogen and oxygen atoms in total. The molecule has 0 bridgehead atoms. The monoisotopic (exact) mass is 308 g/mol. The Kier molecular flexibility index (Phi) is 3.20. The largest absolute Gasteiger partial charge is 0.508 e. The van der Waals surface area contributed by atoms with E-state index in [1.54, 1.807) is 12.1 Å². The normalized spacial score (nSPS) is 12.0. The molecule has 2 aromatic carbocycles. The number of aromatic hydroxyl groups is 1. The van der Waals surface area contributed by atoms with Gasteiger partial charge in [0, 0.05) is 0 Å². The van der Waals surface area contributed by atoms with Gasteiger partial charge in [0.2, 0.25) is 0 Å². The molecule has 0 fully saturated rings. The predicted molar refractivity (Wildman–Crippen MR) is 74.8 cm³/mol. The zero-order valence-corrected chi connectivity index (χ0v) is 11.2. The van der Waals surface area contributed by atoms with Crippen LogP contribution in [0.15, 0.2) is 47.3 Å². The van der Waals surface area contributed by atoms with Crippen molar-refractivity contribution in [2.75, 3.05) is 0 Å². The standard InChI is InChI=1S/C15H11F3N2O2/c16-15(17,18)11-2-1-3-12-13(11)19-14(22)20(12)8-9-4-6-10(21)7-5-9/h1-7,21H,8H2,(H,19,22). The van der Waals surface area contributed by atoms with Crippen LogP contribution in [0.25, 0.3) is 11.0 Å². The molecule has 1 heterocycles. The number of phenols is 1. The van der Waals surface area contributed by atoms with Gasteiger partial charge in [-0.2, -0.15) is 13.2 Å². The summed E-state index contributed by atoms with van der Waals surface area (Å²) < 4.78 is 40.1. The van der Waals surface area contributed by atoms with Gasteiger partial charge < -0.3 is 10.1 Å². The number of hydrogen-bond donors (Lipinski definition) is 2. The molecule has 0 saturated carbocycles. The molecule has 0 radical (unpaired) electrons. The molecule has 22 heavy (non-hydrogen) atoms.